The summed E-state index contributed by atoms with van der Waals surface area (Å²) < 4.78 is 44.8. The Morgan fingerprint density at radius 2 is 1.70 bits per heavy atom. The molecule has 0 aliphatic carbocycles. The lowest BCUT2D eigenvalue weighted by Crippen LogP contribution is -2.21. The zero-order chi connectivity index (χ0) is 20.0. The van der Waals surface area contributed by atoms with Gasteiger partial charge in [0.05, 0.1) is 6.42 Å². The van der Waals surface area contributed by atoms with E-state index in [1.54, 1.807) is 12.1 Å². The summed E-state index contributed by atoms with van der Waals surface area (Å²) in [5.74, 6) is -1.76. The van der Waals surface area contributed by atoms with Crippen molar-refractivity contribution in [1.29, 1.82) is 0 Å². The molecule has 27 heavy (non-hydrogen) atoms. The van der Waals surface area contributed by atoms with Gasteiger partial charge >= 0.3 is 12.3 Å². The normalized spacial score (nSPS) is 11.0. The molecule has 0 saturated carbocycles. The van der Waals surface area contributed by atoms with Crippen LogP contribution in [0.5, 0.6) is 5.75 Å². The van der Waals surface area contributed by atoms with E-state index in [-0.39, 0.29) is 12.1 Å². The number of anilines is 1. The number of halogens is 5. The lowest BCUT2D eigenvalue weighted by molar-refractivity contribution is -0.274. The minimum atomic E-state index is -4.80. The smallest absolute Gasteiger partial charge is 0.455 e. The fourth-order valence-corrected chi connectivity index (χ4v) is 2.43. The van der Waals surface area contributed by atoms with Gasteiger partial charge in [0.2, 0.25) is 0 Å². The van der Waals surface area contributed by atoms with Crippen molar-refractivity contribution in [3.63, 3.8) is 0 Å². The van der Waals surface area contributed by atoms with Crippen LogP contribution in [0.4, 0.5) is 18.9 Å². The Hall–Kier alpha value is -2.45. The second-order valence-corrected chi connectivity index (χ2v) is 6.04. The van der Waals surface area contributed by atoms with Gasteiger partial charge in [-0.05, 0) is 42.0 Å². The molecule has 0 fully saturated rings. The standard InChI is InChI=1S/C17H12Cl2F3NO4/c18-11-2-1-10(14(19)8-11)7-16(25)26-9-15(24)23-12-3-5-13(6-4-12)27-17(20,21)22/h1-6,8H,7,9H2,(H,23,24). The molecule has 10 heteroatoms. The van der Waals surface area contributed by atoms with Crippen molar-refractivity contribution in [2.24, 2.45) is 0 Å². The van der Waals surface area contributed by atoms with Crippen LogP contribution in [0.3, 0.4) is 0 Å². The number of alkyl halides is 3. The van der Waals surface area contributed by atoms with E-state index >= 15 is 0 Å². The molecule has 2 aromatic rings. The van der Waals surface area contributed by atoms with Crippen LogP contribution in [0.15, 0.2) is 42.5 Å². The van der Waals surface area contributed by atoms with Gasteiger partial charge in [-0.25, -0.2) is 0 Å². The summed E-state index contributed by atoms with van der Waals surface area (Å²) >= 11 is 11.7. The first-order valence-electron chi connectivity index (χ1n) is 7.37. The van der Waals surface area contributed by atoms with Crippen LogP contribution in [0, 0.1) is 0 Å². The molecule has 1 N–H and O–H groups in total. The molecule has 0 heterocycles. The molecule has 0 spiro atoms. The summed E-state index contributed by atoms with van der Waals surface area (Å²) in [6.07, 6.45) is -4.95. The van der Waals surface area contributed by atoms with E-state index < -0.39 is 30.6 Å². The summed E-state index contributed by atoms with van der Waals surface area (Å²) in [4.78, 5) is 23.5. The molecule has 0 atom stereocenters. The first kappa shape index (κ1) is 20.9. The Kier molecular flexibility index (Phi) is 6.92. The molecule has 144 valence electrons. The van der Waals surface area contributed by atoms with Crippen molar-refractivity contribution in [1.82, 2.24) is 0 Å². The fourth-order valence-electron chi connectivity index (χ4n) is 1.95. The summed E-state index contributed by atoms with van der Waals surface area (Å²) in [6, 6.07) is 9.12. The Balaban J connectivity index is 1.81. The molecule has 0 saturated heterocycles. The van der Waals surface area contributed by atoms with E-state index in [9.17, 15) is 22.8 Å². The minimum Gasteiger partial charge on any atom is -0.455 e. The molecule has 2 rings (SSSR count). The summed E-state index contributed by atoms with van der Waals surface area (Å²) in [5, 5.41) is 3.09. The number of esters is 1. The third-order valence-corrected chi connectivity index (χ3v) is 3.67. The van der Waals surface area contributed by atoms with Gasteiger partial charge in [-0.15, -0.1) is 13.2 Å². The third-order valence-electron chi connectivity index (χ3n) is 3.09. The van der Waals surface area contributed by atoms with E-state index in [1.165, 1.54) is 18.2 Å². The second kappa shape index (κ2) is 8.96. The number of ether oxygens (including phenoxy) is 2. The Morgan fingerprint density at radius 3 is 2.30 bits per heavy atom. The SMILES string of the molecule is O=C(COC(=O)Cc1ccc(Cl)cc1Cl)Nc1ccc(OC(F)(F)F)cc1. The number of hydrogen-bond acceptors (Lipinski definition) is 4. The number of nitrogens with one attached hydrogen (secondary N) is 1. The lowest BCUT2D eigenvalue weighted by atomic mass is 10.1. The van der Waals surface area contributed by atoms with E-state index in [2.05, 4.69) is 10.1 Å². The minimum absolute atomic E-state index is 0.146. The van der Waals surface area contributed by atoms with Gasteiger partial charge < -0.3 is 14.8 Å². The van der Waals surface area contributed by atoms with E-state index in [0.29, 0.717) is 15.6 Å². The van der Waals surface area contributed by atoms with Crippen molar-refractivity contribution in [2.75, 3.05) is 11.9 Å². The molecule has 0 aliphatic rings. The molecule has 0 bridgehead atoms. The summed E-state index contributed by atoms with van der Waals surface area (Å²) in [5.41, 5.74) is 0.707. The highest BCUT2D eigenvalue weighted by Gasteiger charge is 2.30. The van der Waals surface area contributed by atoms with Crippen molar-refractivity contribution in [3.8, 4) is 5.75 Å². The topological polar surface area (TPSA) is 64.6 Å². The van der Waals surface area contributed by atoms with Crippen LogP contribution < -0.4 is 10.1 Å². The maximum absolute atomic E-state index is 12.1. The average molecular weight is 422 g/mol. The number of benzene rings is 2. The van der Waals surface area contributed by atoms with E-state index in [0.717, 1.165) is 12.1 Å². The zero-order valence-electron chi connectivity index (χ0n) is 13.5. The molecular weight excluding hydrogens is 410 g/mol. The molecule has 5 nitrogen and oxygen atoms in total. The first-order valence-corrected chi connectivity index (χ1v) is 8.13. The molecule has 0 aromatic heterocycles. The molecule has 0 radical (unpaired) electrons. The van der Waals surface area contributed by atoms with Crippen molar-refractivity contribution in [2.45, 2.75) is 12.8 Å². The maximum atomic E-state index is 12.1. The van der Waals surface area contributed by atoms with Crippen LogP contribution in [0.1, 0.15) is 5.56 Å². The number of amides is 1. The van der Waals surface area contributed by atoms with Crippen molar-refractivity contribution >= 4 is 40.8 Å². The molecule has 0 aliphatic heterocycles. The van der Waals surface area contributed by atoms with Gasteiger partial charge in [-0.2, -0.15) is 0 Å². The average Bonchev–Trinajstić information content (AvgIpc) is 2.56. The highest BCUT2D eigenvalue weighted by atomic mass is 35.5. The predicted octanol–water partition coefficient (Wildman–Crippen LogP) is 4.62. The van der Waals surface area contributed by atoms with Gasteiger partial charge in [0, 0.05) is 15.7 Å². The van der Waals surface area contributed by atoms with Gasteiger partial charge in [0.1, 0.15) is 5.75 Å². The van der Waals surface area contributed by atoms with E-state index in [4.69, 9.17) is 27.9 Å². The molecule has 0 unspecified atom stereocenters. The third kappa shape index (κ3) is 7.36. The van der Waals surface area contributed by atoms with Crippen LogP contribution in [0.25, 0.3) is 0 Å². The zero-order valence-corrected chi connectivity index (χ0v) is 15.0. The van der Waals surface area contributed by atoms with Gasteiger partial charge in [-0.1, -0.05) is 29.3 Å². The van der Waals surface area contributed by atoms with Gasteiger partial charge in [0.25, 0.3) is 5.91 Å². The first-order chi connectivity index (χ1) is 12.6. The highest BCUT2D eigenvalue weighted by Crippen LogP contribution is 2.24. The van der Waals surface area contributed by atoms with Crippen LogP contribution >= 0.6 is 23.2 Å². The summed E-state index contributed by atoms with van der Waals surface area (Å²) in [6.45, 7) is -0.565. The van der Waals surface area contributed by atoms with Crippen molar-refractivity contribution < 1.29 is 32.2 Å². The van der Waals surface area contributed by atoms with Crippen molar-refractivity contribution in [3.05, 3.63) is 58.1 Å². The van der Waals surface area contributed by atoms with Crippen LogP contribution in [0.2, 0.25) is 10.0 Å². The molecular formula is C17H12Cl2F3NO4. The van der Waals surface area contributed by atoms with Gasteiger partial charge in [-0.3, -0.25) is 9.59 Å². The Labute approximate surface area is 162 Å². The fraction of sp³-hybridized carbons (Fsp3) is 0.176. The highest BCUT2D eigenvalue weighted by molar-refractivity contribution is 6.35. The number of carbonyl (C=O) groups excluding carboxylic acids is 2. The maximum Gasteiger partial charge on any atom is 0.573 e. The van der Waals surface area contributed by atoms with Crippen LogP contribution in [-0.2, 0) is 20.7 Å². The van der Waals surface area contributed by atoms with Crippen LogP contribution in [-0.4, -0.2) is 24.8 Å². The predicted molar refractivity (Wildman–Crippen MR) is 92.9 cm³/mol. The lowest BCUT2D eigenvalue weighted by Gasteiger charge is -2.10. The Morgan fingerprint density at radius 1 is 1.04 bits per heavy atom. The number of hydrogen-bond donors (Lipinski definition) is 1. The number of carbonyl (C=O) groups is 2. The summed E-state index contributed by atoms with van der Waals surface area (Å²) in [7, 11) is 0. The number of rotatable bonds is 6. The largest absolute Gasteiger partial charge is 0.573 e. The van der Waals surface area contributed by atoms with E-state index in [1.807, 2.05) is 0 Å². The monoisotopic (exact) mass is 421 g/mol. The quantitative estimate of drug-likeness (QED) is 0.691. The molecule has 2 aromatic carbocycles. The van der Waals surface area contributed by atoms with Gasteiger partial charge in [0.15, 0.2) is 6.61 Å². The molecule has 1 amide bonds. The second-order valence-electron chi connectivity index (χ2n) is 5.19. The Bertz CT molecular complexity index is 826.